The molecule has 21 heavy (non-hydrogen) atoms. The van der Waals surface area contributed by atoms with Crippen LogP contribution in [0.2, 0.25) is 5.02 Å². The Hall–Kier alpha value is -1.69. The Labute approximate surface area is 135 Å². The maximum Gasteiger partial charge on any atom is 0.271 e. The van der Waals surface area contributed by atoms with Crippen molar-refractivity contribution in [3.8, 4) is 10.6 Å². The van der Waals surface area contributed by atoms with Crippen LogP contribution in [0.25, 0.3) is 10.6 Å². The second kappa shape index (κ2) is 6.39. The number of nitrogens with zero attached hydrogens (tertiary/aromatic N) is 1. The van der Waals surface area contributed by atoms with Crippen molar-refractivity contribution in [2.75, 3.05) is 0 Å². The zero-order chi connectivity index (χ0) is 14.7. The Morgan fingerprint density at radius 3 is 2.71 bits per heavy atom. The molecule has 0 fully saturated rings. The first kappa shape index (κ1) is 14.3. The SMILES string of the molecule is O=C(NCc1cccs1)c1csc(-c2ccc(Cl)cc2)n1. The van der Waals surface area contributed by atoms with Crippen LogP contribution in [0.3, 0.4) is 0 Å². The molecule has 0 aliphatic rings. The number of amides is 1. The highest BCUT2D eigenvalue weighted by molar-refractivity contribution is 7.13. The Bertz CT molecular complexity index is 735. The lowest BCUT2D eigenvalue weighted by Gasteiger charge is -2.00. The molecule has 0 saturated carbocycles. The molecule has 0 spiro atoms. The van der Waals surface area contributed by atoms with Gasteiger partial charge < -0.3 is 5.32 Å². The van der Waals surface area contributed by atoms with E-state index < -0.39 is 0 Å². The number of carbonyl (C=O) groups is 1. The van der Waals surface area contributed by atoms with Crippen LogP contribution in [0.15, 0.2) is 47.2 Å². The maximum atomic E-state index is 12.1. The third-order valence-corrected chi connectivity index (χ3v) is 4.85. The van der Waals surface area contributed by atoms with Crippen molar-refractivity contribution in [3.05, 3.63) is 62.8 Å². The average Bonchev–Trinajstić information content (AvgIpc) is 3.17. The summed E-state index contributed by atoms with van der Waals surface area (Å²) in [7, 11) is 0. The number of thiazole rings is 1. The fourth-order valence-electron chi connectivity index (χ4n) is 1.77. The minimum atomic E-state index is -0.153. The van der Waals surface area contributed by atoms with Gasteiger partial charge in [-0.2, -0.15) is 0 Å². The minimum absolute atomic E-state index is 0.153. The van der Waals surface area contributed by atoms with Crippen LogP contribution in [0, 0.1) is 0 Å². The molecular formula is C15H11ClN2OS2. The lowest BCUT2D eigenvalue weighted by atomic mass is 10.2. The topological polar surface area (TPSA) is 42.0 Å². The van der Waals surface area contributed by atoms with E-state index in [4.69, 9.17) is 11.6 Å². The van der Waals surface area contributed by atoms with Crippen molar-refractivity contribution < 1.29 is 4.79 Å². The summed E-state index contributed by atoms with van der Waals surface area (Å²) >= 11 is 8.93. The third kappa shape index (κ3) is 3.50. The monoisotopic (exact) mass is 334 g/mol. The summed E-state index contributed by atoms with van der Waals surface area (Å²) in [6.07, 6.45) is 0. The second-order valence-electron chi connectivity index (χ2n) is 4.31. The summed E-state index contributed by atoms with van der Waals surface area (Å²) in [5.41, 5.74) is 1.41. The van der Waals surface area contributed by atoms with E-state index in [0.717, 1.165) is 15.4 Å². The highest BCUT2D eigenvalue weighted by Gasteiger charge is 2.11. The number of nitrogens with one attached hydrogen (secondary N) is 1. The molecule has 0 aliphatic carbocycles. The second-order valence-corrected chi connectivity index (χ2v) is 6.63. The van der Waals surface area contributed by atoms with E-state index >= 15 is 0 Å². The molecule has 1 amide bonds. The van der Waals surface area contributed by atoms with Crippen molar-refractivity contribution in [2.45, 2.75) is 6.54 Å². The standard InChI is InChI=1S/C15H11ClN2OS2/c16-11-5-3-10(4-6-11)15-18-13(9-21-15)14(19)17-8-12-2-1-7-20-12/h1-7,9H,8H2,(H,17,19). The molecule has 1 aromatic carbocycles. The lowest BCUT2D eigenvalue weighted by Crippen LogP contribution is -2.22. The molecular weight excluding hydrogens is 324 g/mol. The molecule has 0 radical (unpaired) electrons. The molecule has 0 unspecified atom stereocenters. The number of benzene rings is 1. The van der Waals surface area contributed by atoms with Crippen LogP contribution in [-0.4, -0.2) is 10.9 Å². The Morgan fingerprint density at radius 2 is 2.00 bits per heavy atom. The van der Waals surface area contributed by atoms with Gasteiger partial charge in [0.25, 0.3) is 5.91 Å². The van der Waals surface area contributed by atoms with Crippen molar-refractivity contribution in [1.29, 1.82) is 0 Å². The predicted molar refractivity (Wildman–Crippen MR) is 88.0 cm³/mol. The summed E-state index contributed by atoms with van der Waals surface area (Å²) in [6, 6.07) is 11.4. The molecule has 0 aliphatic heterocycles. The zero-order valence-electron chi connectivity index (χ0n) is 10.9. The van der Waals surface area contributed by atoms with E-state index in [1.54, 1.807) is 16.7 Å². The van der Waals surface area contributed by atoms with Crippen LogP contribution in [-0.2, 0) is 6.54 Å². The molecule has 0 saturated heterocycles. The van der Waals surface area contributed by atoms with Gasteiger partial charge in [0, 0.05) is 20.8 Å². The molecule has 0 bridgehead atoms. The van der Waals surface area contributed by atoms with Gasteiger partial charge >= 0.3 is 0 Å². The molecule has 3 aromatic rings. The van der Waals surface area contributed by atoms with Crippen molar-refractivity contribution in [1.82, 2.24) is 10.3 Å². The smallest absolute Gasteiger partial charge is 0.271 e. The van der Waals surface area contributed by atoms with E-state index in [2.05, 4.69) is 10.3 Å². The van der Waals surface area contributed by atoms with Gasteiger partial charge in [-0.15, -0.1) is 22.7 Å². The summed E-state index contributed by atoms with van der Waals surface area (Å²) in [5, 5.41) is 8.13. The molecule has 3 rings (SSSR count). The minimum Gasteiger partial charge on any atom is -0.346 e. The van der Waals surface area contributed by atoms with Crippen molar-refractivity contribution >= 4 is 40.2 Å². The van der Waals surface area contributed by atoms with E-state index in [1.165, 1.54) is 11.3 Å². The molecule has 106 valence electrons. The van der Waals surface area contributed by atoms with Gasteiger partial charge in [0.05, 0.1) is 6.54 Å². The quantitative estimate of drug-likeness (QED) is 0.765. The third-order valence-electron chi connectivity index (χ3n) is 2.83. The predicted octanol–water partition coefficient (Wildman–Crippen LogP) is 4.46. The zero-order valence-corrected chi connectivity index (χ0v) is 13.3. The number of hydrogen-bond acceptors (Lipinski definition) is 4. The first-order valence-corrected chi connectivity index (χ1v) is 8.38. The number of rotatable bonds is 4. The molecule has 2 heterocycles. The Kier molecular flexibility index (Phi) is 4.34. The highest BCUT2D eigenvalue weighted by atomic mass is 35.5. The number of halogens is 1. The maximum absolute atomic E-state index is 12.1. The van der Waals surface area contributed by atoms with E-state index in [1.807, 2.05) is 41.8 Å². The first-order chi connectivity index (χ1) is 10.2. The fraction of sp³-hybridized carbons (Fsp3) is 0.0667. The summed E-state index contributed by atoms with van der Waals surface area (Å²) < 4.78 is 0. The molecule has 3 nitrogen and oxygen atoms in total. The first-order valence-electron chi connectivity index (χ1n) is 6.24. The molecule has 6 heteroatoms. The van der Waals surface area contributed by atoms with Gasteiger partial charge in [0.15, 0.2) is 0 Å². The van der Waals surface area contributed by atoms with Crippen LogP contribution in [0.1, 0.15) is 15.4 Å². The highest BCUT2D eigenvalue weighted by Crippen LogP contribution is 2.25. The van der Waals surface area contributed by atoms with Gasteiger partial charge in [-0.05, 0) is 23.6 Å². The number of carbonyl (C=O) groups excluding carboxylic acids is 1. The molecule has 2 aromatic heterocycles. The van der Waals surface area contributed by atoms with Crippen LogP contribution < -0.4 is 5.32 Å². The average molecular weight is 335 g/mol. The van der Waals surface area contributed by atoms with Gasteiger partial charge in [-0.3, -0.25) is 4.79 Å². The summed E-state index contributed by atoms with van der Waals surface area (Å²) in [6.45, 7) is 0.532. The number of aromatic nitrogens is 1. The number of hydrogen-bond donors (Lipinski definition) is 1. The van der Waals surface area contributed by atoms with Gasteiger partial charge in [0.1, 0.15) is 10.7 Å². The summed E-state index contributed by atoms with van der Waals surface area (Å²) in [5.74, 6) is -0.153. The van der Waals surface area contributed by atoms with Crippen LogP contribution in [0.4, 0.5) is 0 Å². The number of thiophene rings is 1. The van der Waals surface area contributed by atoms with Gasteiger partial charge in [0.2, 0.25) is 0 Å². The lowest BCUT2D eigenvalue weighted by molar-refractivity contribution is 0.0947. The Balaban J connectivity index is 1.69. The van der Waals surface area contributed by atoms with Gasteiger partial charge in [-0.1, -0.05) is 29.8 Å². The summed E-state index contributed by atoms with van der Waals surface area (Å²) in [4.78, 5) is 17.6. The Morgan fingerprint density at radius 1 is 1.19 bits per heavy atom. The van der Waals surface area contributed by atoms with Gasteiger partial charge in [-0.25, -0.2) is 4.98 Å². The van der Waals surface area contributed by atoms with Crippen molar-refractivity contribution in [3.63, 3.8) is 0 Å². The normalized spacial score (nSPS) is 10.5. The van der Waals surface area contributed by atoms with Crippen LogP contribution in [0.5, 0.6) is 0 Å². The molecule has 1 N–H and O–H groups in total. The van der Waals surface area contributed by atoms with E-state index in [0.29, 0.717) is 17.3 Å². The van der Waals surface area contributed by atoms with Crippen LogP contribution >= 0.6 is 34.3 Å². The van der Waals surface area contributed by atoms with E-state index in [9.17, 15) is 4.79 Å². The van der Waals surface area contributed by atoms with Crippen molar-refractivity contribution in [2.24, 2.45) is 0 Å². The largest absolute Gasteiger partial charge is 0.346 e. The fourth-order valence-corrected chi connectivity index (χ4v) is 3.35. The molecule has 0 atom stereocenters. The van der Waals surface area contributed by atoms with E-state index in [-0.39, 0.29) is 5.91 Å².